The lowest BCUT2D eigenvalue weighted by Gasteiger charge is -2.30. The van der Waals surface area contributed by atoms with Crippen LogP contribution in [0.5, 0.6) is 0 Å². The molecule has 0 aliphatic carbocycles. The number of piperidine rings is 1. The molecule has 0 unspecified atom stereocenters. The van der Waals surface area contributed by atoms with Crippen molar-refractivity contribution < 1.29 is 18.0 Å². The maximum absolute atomic E-state index is 13.8. The van der Waals surface area contributed by atoms with Crippen molar-refractivity contribution in [3.05, 3.63) is 47.2 Å². The summed E-state index contributed by atoms with van der Waals surface area (Å²) >= 11 is 0. The van der Waals surface area contributed by atoms with Gasteiger partial charge in [-0.25, -0.2) is 8.78 Å². The molecule has 0 N–H and O–H groups in total. The monoisotopic (exact) mass is 335 g/mol. The van der Waals surface area contributed by atoms with E-state index in [4.69, 9.17) is 4.42 Å². The van der Waals surface area contributed by atoms with Gasteiger partial charge in [-0.3, -0.25) is 4.79 Å². The molecular formula is C17H19F2N3O2. The molecule has 1 saturated heterocycles. The summed E-state index contributed by atoms with van der Waals surface area (Å²) in [5, 5.41) is 8.10. The number of likely N-dealkylation sites (tertiary alicyclic amines) is 1. The molecule has 128 valence electrons. The zero-order valence-corrected chi connectivity index (χ0v) is 13.6. The topological polar surface area (TPSA) is 59.2 Å². The van der Waals surface area contributed by atoms with E-state index in [1.165, 1.54) is 11.0 Å². The summed E-state index contributed by atoms with van der Waals surface area (Å²) in [6.45, 7) is 4.75. The molecular weight excluding hydrogens is 316 g/mol. The molecule has 1 fully saturated rings. The van der Waals surface area contributed by atoms with E-state index in [0.29, 0.717) is 37.7 Å². The lowest BCUT2D eigenvalue weighted by atomic mass is 9.96. The maximum Gasteiger partial charge on any atom is 0.259 e. The number of amides is 1. The summed E-state index contributed by atoms with van der Waals surface area (Å²) in [6.07, 6.45) is 1.25. The smallest absolute Gasteiger partial charge is 0.259 e. The first kappa shape index (κ1) is 16.5. The fraction of sp³-hybridized carbons (Fsp3) is 0.471. The van der Waals surface area contributed by atoms with Crippen LogP contribution in [0.15, 0.2) is 22.6 Å². The molecule has 1 aromatic carbocycles. The first-order chi connectivity index (χ1) is 11.5. The summed E-state index contributed by atoms with van der Waals surface area (Å²) in [5.41, 5.74) is -0.490. The van der Waals surface area contributed by atoms with Gasteiger partial charge >= 0.3 is 0 Å². The van der Waals surface area contributed by atoms with Gasteiger partial charge in [-0.05, 0) is 25.0 Å². The molecule has 7 heteroatoms. The second-order valence-electron chi connectivity index (χ2n) is 6.30. The minimum atomic E-state index is -0.833. The number of benzene rings is 1. The molecule has 1 aromatic heterocycles. The van der Waals surface area contributed by atoms with Crippen molar-refractivity contribution in [1.82, 2.24) is 15.1 Å². The molecule has 5 nitrogen and oxygen atoms in total. The van der Waals surface area contributed by atoms with Crippen molar-refractivity contribution >= 4 is 5.91 Å². The summed E-state index contributed by atoms with van der Waals surface area (Å²) in [5.74, 6) is -0.880. The van der Waals surface area contributed by atoms with Crippen molar-refractivity contribution in [1.29, 1.82) is 0 Å². The zero-order valence-electron chi connectivity index (χ0n) is 13.6. The van der Waals surface area contributed by atoms with Gasteiger partial charge in [0.2, 0.25) is 11.8 Å². The van der Waals surface area contributed by atoms with Crippen LogP contribution < -0.4 is 0 Å². The third-order valence-electron chi connectivity index (χ3n) is 4.26. The SMILES string of the molecule is CC(C)c1nnc(C2CCN(C(=O)c3c(F)cccc3F)CC2)o1. The van der Waals surface area contributed by atoms with Gasteiger partial charge in [-0.1, -0.05) is 19.9 Å². The Morgan fingerprint density at radius 3 is 2.38 bits per heavy atom. The molecule has 0 atom stereocenters. The molecule has 0 radical (unpaired) electrons. The quantitative estimate of drug-likeness (QED) is 0.861. The highest BCUT2D eigenvalue weighted by molar-refractivity contribution is 5.94. The highest BCUT2D eigenvalue weighted by Gasteiger charge is 2.30. The number of rotatable bonds is 3. The number of carbonyl (C=O) groups is 1. The van der Waals surface area contributed by atoms with E-state index < -0.39 is 23.1 Å². The van der Waals surface area contributed by atoms with E-state index in [1.807, 2.05) is 13.8 Å². The number of halogens is 2. The third-order valence-corrected chi connectivity index (χ3v) is 4.26. The Hall–Kier alpha value is -2.31. The number of hydrogen-bond acceptors (Lipinski definition) is 4. The zero-order chi connectivity index (χ0) is 17.3. The summed E-state index contributed by atoms with van der Waals surface area (Å²) in [7, 11) is 0. The number of carbonyl (C=O) groups excluding carboxylic acids is 1. The highest BCUT2D eigenvalue weighted by atomic mass is 19.1. The summed E-state index contributed by atoms with van der Waals surface area (Å²) in [6, 6.07) is 3.43. The van der Waals surface area contributed by atoms with Gasteiger partial charge in [0.25, 0.3) is 5.91 Å². The fourth-order valence-electron chi connectivity index (χ4n) is 2.83. The van der Waals surface area contributed by atoms with E-state index in [1.54, 1.807) is 0 Å². The van der Waals surface area contributed by atoms with Crippen LogP contribution in [0.1, 0.15) is 60.7 Å². The minimum Gasteiger partial charge on any atom is -0.425 e. The van der Waals surface area contributed by atoms with E-state index >= 15 is 0 Å². The summed E-state index contributed by atoms with van der Waals surface area (Å²) in [4.78, 5) is 13.8. The van der Waals surface area contributed by atoms with Crippen LogP contribution in [-0.2, 0) is 0 Å². The number of aromatic nitrogens is 2. The Labute approximate surface area is 138 Å². The van der Waals surface area contributed by atoms with Crippen molar-refractivity contribution in [3.8, 4) is 0 Å². The van der Waals surface area contributed by atoms with Crippen LogP contribution in [0.25, 0.3) is 0 Å². The molecule has 1 aliphatic rings. The molecule has 0 spiro atoms. The van der Waals surface area contributed by atoms with E-state index in [-0.39, 0.29) is 11.8 Å². The predicted molar refractivity (Wildman–Crippen MR) is 82.6 cm³/mol. The molecule has 0 saturated carbocycles. The minimum absolute atomic E-state index is 0.0690. The van der Waals surface area contributed by atoms with Gasteiger partial charge in [0, 0.05) is 24.9 Å². The average molecular weight is 335 g/mol. The van der Waals surface area contributed by atoms with Crippen LogP contribution in [-0.4, -0.2) is 34.1 Å². The Bertz CT molecular complexity index is 717. The Morgan fingerprint density at radius 1 is 1.21 bits per heavy atom. The van der Waals surface area contributed by atoms with Crippen molar-refractivity contribution in [3.63, 3.8) is 0 Å². The molecule has 3 rings (SSSR count). The highest BCUT2D eigenvalue weighted by Crippen LogP contribution is 2.29. The van der Waals surface area contributed by atoms with Gasteiger partial charge in [0.05, 0.1) is 0 Å². The second kappa shape index (κ2) is 6.67. The summed E-state index contributed by atoms with van der Waals surface area (Å²) < 4.78 is 33.2. The molecule has 2 heterocycles. The molecule has 2 aromatic rings. The number of nitrogens with zero attached hydrogens (tertiary/aromatic N) is 3. The van der Waals surface area contributed by atoms with Gasteiger partial charge in [-0.2, -0.15) is 0 Å². The van der Waals surface area contributed by atoms with Gasteiger partial charge in [0.15, 0.2) is 0 Å². The van der Waals surface area contributed by atoms with Gasteiger partial charge < -0.3 is 9.32 Å². The Morgan fingerprint density at radius 2 is 1.83 bits per heavy atom. The third kappa shape index (κ3) is 3.16. The Balaban J connectivity index is 1.67. The number of hydrogen-bond donors (Lipinski definition) is 0. The van der Waals surface area contributed by atoms with Gasteiger partial charge in [0.1, 0.15) is 17.2 Å². The van der Waals surface area contributed by atoms with E-state index in [9.17, 15) is 13.6 Å². The predicted octanol–water partition coefficient (Wildman–Crippen LogP) is 3.49. The lowest BCUT2D eigenvalue weighted by Crippen LogP contribution is -2.38. The first-order valence-electron chi connectivity index (χ1n) is 8.04. The van der Waals surface area contributed by atoms with E-state index in [0.717, 1.165) is 12.1 Å². The molecule has 0 bridgehead atoms. The largest absolute Gasteiger partial charge is 0.425 e. The van der Waals surface area contributed by atoms with Crippen molar-refractivity contribution in [2.45, 2.75) is 38.5 Å². The normalized spacial score (nSPS) is 16.0. The van der Waals surface area contributed by atoms with Crippen molar-refractivity contribution in [2.75, 3.05) is 13.1 Å². The second-order valence-corrected chi connectivity index (χ2v) is 6.30. The van der Waals surface area contributed by atoms with Crippen molar-refractivity contribution in [2.24, 2.45) is 0 Å². The van der Waals surface area contributed by atoms with Crippen LogP contribution >= 0.6 is 0 Å². The lowest BCUT2D eigenvalue weighted by molar-refractivity contribution is 0.0696. The van der Waals surface area contributed by atoms with Crippen LogP contribution in [0, 0.1) is 11.6 Å². The van der Waals surface area contributed by atoms with Crippen LogP contribution in [0.4, 0.5) is 8.78 Å². The van der Waals surface area contributed by atoms with Crippen LogP contribution in [0.3, 0.4) is 0 Å². The molecule has 24 heavy (non-hydrogen) atoms. The average Bonchev–Trinajstić information content (AvgIpc) is 3.05. The maximum atomic E-state index is 13.8. The Kier molecular flexibility index (Phi) is 4.59. The molecule has 1 amide bonds. The first-order valence-corrected chi connectivity index (χ1v) is 8.04. The van der Waals surface area contributed by atoms with Gasteiger partial charge in [-0.15, -0.1) is 10.2 Å². The standard InChI is InChI=1S/C17H19F2N3O2/c1-10(2)15-20-21-16(24-15)11-6-8-22(9-7-11)17(23)14-12(18)4-3-5-13(14)19/h3-5,10-11H,6-9H2,1-2H3. The van der Waals surface area contributed by atoms with Crippen LogP contribution in [0.2, 0.25) is 0 Å². The van der Waals surface area contributed by atoms with E-state index in [2.05, 4.69) is 10.2 Å². The molecule has 1 aliphatic heterocycles. The fourth-order valence-corrected chi connectivity index (χ4v) is 2.83.